The van der Waals surface area contributed by atoms with Crippen molar-refractivity contribution in [2.45, 2.75) is 6.92 Å². The number of benzene rings is 1. The van der Waals surface area contributed by atoms with Crippen LogP contribution in [0.15, 0.2) is 30.3 Å². The number of nitrogens with zero attached hydrogens (tertiary/aromatic N) is 1. The number of pyridine rings is 1. The summed E-state index contributed by atoms with van der Waals surface area (Å²) in [6, 6.07) is 9.52. The van der Waals surface area contributed by atoms with Crippen LogP contribution in [0.3, 0.4) is 0 Å². The molecule has 0 saturated carbocycles. The van der Waals surface area contributed by atoms with E-state index in [0.29, 0.717) is 18.7 Å². The molecule has 0 aliphatic rings. The fourth-order valence-corrected chi connectivity index (χ4v) is 2.15. The summed E-state index contributed by atoms with van der Waals surface area (Å²) in [5.74, 6) is -0.0646. The van der Waals surface area contributed by atoms with Crippen LogP contribution in [0.25, 0.3) is 10.9 Å². The van der Waals surface area contributed by atoms with E-state index in [4.69, 9.17) is 4.74 Å². The molecule has 1 amide bonds. The van der Waals surface area contributed by atoms with Crippen molar-refractivity contribution in [1.82, 2.24) is 15.6 Å². The van der Waals surface area contributed by atoms with Crippen molar-refractivity contribution in [3.8, 4) is 0 Å². The molecule has 1 aromatic carbocycles. The van der Waals surface area contributed by atoms with Crippen molar-refractivity contribution in [3.63, 3.8) is 0 Å². The number of ether oxygens (including phenoxy) is 1. The molecule has 0 spiro atoms. The van der Waals surface area contributed by atoms with Crippen molar-refractivity contribution in [3.05, 3.63) is 41.6 Å². The van der Waals surface area contributed by atoms with Crippen LogP contribution in [-0.2, 0) is 4.74 Å². The highest BCUT2D eigenvalue weighted by atomic mass is 16.5. The first-order valence-electron chi connectivity index (χ1n) is 7.06. The minimum absolute atomic E-state index is 0.0646. The fourth-order valence-electron chi connectivity index (χ4n) is 2.15. The molecule has 0 radical (unpaired) electrons. The lowest BCUT2D eigenvalue weighted by Crippen LogP contribution is -2.33. The highest BCUT2D eigenvalue weighted by Gasteiger charge is 2.10. The molecule has 5 nitrogen and oxygen atoms in total. The lowest BCUT2D eigenvalue weighted by molar-refractivity contribution is 0.0955. The van der Waals surface area contributed by atoms with Crippen LogP contribution in [0.5, 0.6) is 0 Å². The quantitative estimate of drug-likeness (QED) is 0.758. The first-order chi connectivity index (χ1) is 10.2. The predicted octanol–water partition coefficient (Wildman–Crippen LogP) is 1.51. The van der Waals surface area contributed by atoms with E-state index in [9.17, 15) is 4.79 Å². The maximum atomic E-state index is 12.3. The van der Waals surface area contributed by atoms with Crippen molar-refractivity contribution in [1.29, 1.82) is 0 Å². The zero-order valence-electron chi connectivity index (χ0n) is 12.5. The second-order valence-corrected chi connectivity index (χ2v) is 4.83. The molecule has 0 bridgehead atoms. The predicted molar refractivity (Wildman–Crippen MR) is 83.6 cm³/mol. The zero-order chi connectivity index (χ0) is 15.1. The third-order valence-corrected chi connectivity index (χ3v) is 3.16. The Morgan fingerprint density at radius 2 is 2.05 bits per heavy atom. The Bertz CT molecular complexity index is 613. The van der Waals surface area contributed by atoms with Gasteiger partial charge in [-0.25, -0.2) is 0 Å². The van der Waals surface area contributed by atoms with Gasteiger partial charge in [0.1, 0.15) is 0 Å². The van der Waals surface area contributed by atoms with E-state index in [2.05, 4.69) is 15.6 Å². The number of rotatable bonds is 7. The van der Waals surface area contributed by atoms with Crippen molar-refractivity contribution >= 4 is 16.8 Å². The molecule has 0 saturated heterocycles. The van der Waals surface area contributed by atoms with E-state index in [-0.39, 0.29) is 5.91 Å². The number of para-hydroxylation sites is 1. The number of carbonyl (C=O) groups excluding carboxylic acids is 1. The van der Waals surface area contributed by atoms with E-state index in [1.54, 1.807) is 7.11 Å². The van der Waals surface area contributed by atoms with E-state index in [1.807, 2.05) is 37.3 Å². The summed E-state index contributed by atoms with van der Waals surface area (Å²) < 4.78 is 4.94. The van der Waals surface area contributed by atoms with E-state index < -0.39 is 0 Å². The van der Waals surface area contributed by atoms with E-state index in [1.165, 1.54) is 0 Å². The van der Waals surface area contributed by atoms with Crippen LogP contribution in [0.1, 0.15) is 16.1 Å². The largest absolute Gasteiger partial charge is 0.383 e. The fraction of sp³-hybridized carbons (Fsp3) is 0.375. The Morgan fingerprint density at radius 3 is 2.86 bits per heavy atom. The van der Waals surface area contributed by atoms with Crippen LogP contribution in [0.4, 0.5) is 0 Å². The highest BCUT2D eigenvalue weighted by Crippen LogP contribution is 2.17. The lowest BCUT2D eigenvalue weighted by atomic mass is 10.1. The van der Waals surface area contributed by atoms with Crippen LogP contribution < -0.4 is 10.6 Å². The number of amides is 1. The summed E-state index contributed by atoms with van der Waals surface area (Å²) in [7, 11) is 1.67. The van der Waals surface area contributed by atoms with Crippen molar-refractivity contribution < 1.29 is 9.53 Å². The third-order valence-electron chi connectivity index (χ3n) is 3.16. The van der Waals surface area contributed by atoms with E-state index >= 15 is 0 Å². The standard InChI is InChI=1S/C16H21N3O2/c1-12-11-14(13-5-3-4-6-15(13)19-12)16(20)18-8-7-17-9-10-21-2/h3-6,11,17H,7-10H2,1-2H3,(H,18,20). The smallest absolute Gasteiger partial charge is 0.252 e. The van der Waals surface area contributed by atoms with Gasteiger partial charge in [0, 0.05) is 37.8 Å². The van der Waals surface area contributed by atoms with Crippen molar-refractivity contribution in [2.75, 3.05) is 33.4 Å². The summed E-state index contributed by atoms with van der Waals surface area (Å²) in [6.45, 7) is 4.65. The average molecular weight is 287 g/mol. The molecule has 0 aliphatic heterocycles. The molecule has 112 valence electrons. The van der Waals surface area contributed by atoms with Crippen LogP contribution >= 0.6 is 0 Å². The molecule has 1 aromatic heterocycles. The van der Waals surface area contributed by atoms with Gasteiger partial charge < -0.3 is 15.4 Å². The van der Waals surface area contributed by atoms with Crippen molar-refractivity contribution in [2.24, 2.45) is 0 Å². The Kier molecular flexibility index (Phi) is 5.66. The normalized spacial score (nSPS) is 10.8. The molecule has 0 aliphatic carbocycles. The highest BCUT2D eigenvalue weighted by molar-refractivity contribution is 6.06. The molecule has 2 aromatic rings. The van der Waals surface area contributed by atoms with Gasteiger partial charge in [-0.3, -0.25) is 9.78 Å². The SMILES string of the molecule is COCCNCCNC(=O)c1cc(C)nc2ccccc12. The molecule has 1 heterocycles. The molecular weight excluding hydrogens is 266 g/mol. The number of carbonyl (C=O) groups is 1. The molecule has 0 fully saturated rings. The van der Waals surface area contributed by atoms with Crippen LogP contribution in [0.2, 0.25) is 0 Å². The number of methoxy groups -OCH3 is 1. The Morgan fingerprint density at radius 1 is 1.24 bits per heavy atom. The summed E-state index contributed by atoms with van der Waals surface area (Å²) >= 11 is 0. The molecule has 5 heteroatoms. The van der Waals surface area contributed by atoms with Gasteiger partial charge in [0.15, 0.2) is 0 Å². The van der Waals surface area contributed by atoms with Gasteiger partial charge in [-0.05, 0) is 19.1 Å². The molecule has 2 rings (SSSR count). The zero-order valence-corrected chi connectivity index (χ0v) is 12.5. The van der Waals surface area contributed by atoms with Crippen LogP contribution in [0, 0.1) is 6.92 Å². The molecule has 2 N–H and O–H groups in total. The first-order valence-corrected chi connectivity index (χ1v) is 7.06. The van der Waals surface area contributed by atoms with Gasteiger partial charge in [-0.1, -0.05) is 18.2 Å². The number of aromatic nitrogens is 1. The molecule has 0 atom stereocenters. The number of hydrogen-bond donors (Lipinski definition) is 2. The second-order valence-electron chi connectivity index (χ2n) is 4.83. The Balaban J connectivity index is 1.99. The topological polar surface area (TPSA) is 63.2 Å². The van der Waals surface area contributed by atoms with Gasteiger partial charge in [-0.15, -0.1) is 0 Å². The average Bonchev–Trinajstić information content (AvgIpc) is 2.49. The third kappa shape index (κ3) is 4.24. The maximum Gasteiger partial charge on any atom is 0.252 e. The number of fused-ring (bicyclic) bond motifs is 1. The summed E-state index contributed by atoms with van der Waals surface area (Å²) in [5.41, 5.74) is 2.37. The van der Waals surface area contributed by atoms with Gasteiger partial charge >= 0.3 is 0 Å². The molecule has 0 unspecified atom stereocenters. The number of aryl methyl sites for hydroxylation is 1. The number of hydrogen-bond acceptors (Lipinski definition) is 4. The Hall–Kier alpha value is -1.98. The first kappa shape index (κ1) is 15.4. The molecule has 21 heavy (non-hydrogen) atoms. The van der Waals surface area contributed by atoms with Gasteiger partial charge in [0.2, 0.25) is 0 Å². The maximum absolute atomic E-state index is 12.3. The van der Waals surface area contributed by atoms with Gasteiger partial charge in [-0.2, -0.15) is 0 Å². The monoisotopic (exact) mass is 287 g/mol. The van der Waals surface area contributed by atoms with Crippen LogP contribution in [-0.4, -0.2) is 44.2 Å². The second kappa shape index (κ2) is 7.71. The molecular formula is C16H21N3O2. The summed E-state index contributed by atoms with van der Waals surface area (Å²) in [4.78, 5) is 16.8. The Labute approximate surface area is 124 Å². The summed E-state index contributed by atoms with van der Waals surface area (Å²) in [5, 5.41) is 7.00. The minimum Gasteiger partial charge on any atom is -0.383 e. The summed E-state index contributed by atoms with van der Waals surface area (Å²) in [6.07, 6.45) is 0. The van der Waals surface area contributed by atoms with E-state index in [0.717, 1.165) is 29.7 Å². The lowest BCUT2D eigenvalue weighted by Gasteiger charge is -2.09. The number of nitrogens with one attached hydrogen (secondary N) is 2. The van der Waals surface area contributed by atoms with Gasteiger partial charge in [0.05, 0.1) is 17.7 Å². The minimum atomic E-state index is -0.0646. The van der Waals surface area contributed by atoms with Gasteiger partial charge in [0.25, 0.3) is 5.91 Å².